The molecule has 0 spiro atoms. The van der Waals surface area contributed by atoms with Gasteiger partial charge in [-0.25, -0.2) is 0 Å². The Morgan fingerprint density at radius 3 is 2.81 bits per heavy atom. The lowest BCUT2D eigenvalue weighted by molar-refractivity contribution is 0.00544. The summed E-state index contributed by atoms with van der Waals surface area (Å²) in [5, 5.41) is 8.95. The van der Waals surface area contributed by atoms with Crippen LogP contribution in [0, 0.1) is 6.07 Å². The first-order valence-corrected chi connectivity index (χ1v) is 5.37. The van der Waals surface area contributed by atoms with Crippen molar-refractivity contribution < 1.29 is 14.6 Å². The van der Waals surface area contributed by atoms with Crippen molar-refractivity contribution in [2.75, 3.05) is 13.7 Å². The second kappa shape index (κ2) is 5.87. The third kappa shape index (κ3) is 4.21. The molecule has 1 aromatic carbocycles. The van der Waals surface area contributed by atoms with Crippen LogP contribution in [-0.4, -0.2) is 24.4 Å². The van der Waals surface area contributed by atoms with Crippen LogP contribution in [0.2, 0.25) is 0 Å². The maximum absolute atomic E-state index is 8.95. The summed E-state index contributed by atoms with van der Waals surface area (Å²) in [5.41, 5.74) is 0.573. The van der Waals surface area contributed by atoms with Crippen LogP contribution in [0.5, 0.6) is 5.75 Å². The first-order valence-electron chi connectivity index (χ1n) is 5.37. The smallest absolute Gasteiger partial charge is 0.119 e. The number of benzene rings is 1. The molecule has 3 heteroatoms. The van der Waals surface area contributed by atoms with Gasteiger partial charge in [0.15, 0.2) is 0 Å². The van der Waals surface area contributed by atoms with Crippen molar-refractivity contribution >= 4 is 0 Å². The average molecular weight is 223 g/mol. The van der Waals surface area contributed by atoms with Gasteiger partial charge < -0.3 is 14.6 Å². The molecular formula is C13H19O3. The minimum atomic E-state index is -0.166. The number of hydrogen-bond donors (Lipinski definition) is 1. The van der Waals surface area contributed by atoms with Gasteiger partial charge in [-0.2, -0.15) is 0 Å². The Bertz CT molecular complexity index is 321. The molecule has 0 fully saturated rings. The number of methoxy groups -OCH3 is 1. The number of ether oxygens (including phenoxy) is 2. The number of rotatable bonds is 6. The maximum atomic E-state index is 8.95. The number of hydrogen-bond acceptors (Lipinski definition) is 3. The van der Waals surface area contributed by atoms with Gasteiger partial charge in [0.05, 0.1) is 18.8 Å². The van der Waals surface area contributed by atoms with E-state index in [4.69, 9.17) is 14.6 Å². The van der Waals surface area contributed by atoms with Crippen molar-refractivity contribution in [2.24, 2.45) is 0 Å². The largest absolute Gasteiger partial charge is 0.493 e. The van der Waals surface area contributed by atoms with Gasteiger partial charge in [-0.3, -0.25) is 0 Å². The molecule has 0 aliphatic carbocycles. The van der Waals surface area contributed by atoms with Gasteiger partial charge in [-0.05, 0) is 37.6 Å². The monoisotopic (exact) mass is 223 g/mol. The maximum Gasteiger partial charge on any atom is 0.119 e. The van der Waals surface area contributed by atoms with Crippen LogP contribution >= 0.6 is 0 Å². The second-order valence-corrected chi connectivity index (χ2v) is 4.27. The highest BCUT2D eigenvalue weighted by Crippen LogP contribution is 2.16. The van der Waals surface area contributed by atoms with E-state index in [0.717, 1.165) is 17.7 Å². The van der Waals surface area contributed by atoms with E-state index in [0.29, 0.717) is 6.61 Å². The molecule has 16 heavy (non-hydrogen) atoms. The topological polar surface area (TPSA) is 38.7 Å². The Labute approximate surface area is 97.0 Å². The first-order chi connectivity index (χ1) is 7.57. The van der Waals surface area contributed by atoms with Gasteiger partial charge in [0.25, 0.3) is 0 Å². The van der Waals surface area contributed by atoms with Crippen LogP contribution in [0.25, 0.3) is 0 Å². The molecule has 0 aromatic heterocycles. The van der Waals surface area contributed by atoms with Gasteiger partial charge in [0.2, 0.25) is 0 Å². The van der Waals surface area contributed by atoms with E-state index in [1.54, 1.807) is 19.2 Å². The normalized spacial score (nSPS) is 11.5. The van der Waals surface area contributed by atoms with E-state index in [1.165, 1.54) is 0 Å². The lowest BCUT2D eigenvalue weighted by Crippen LogP contribution is -2.25. The minimum Gasteiger partial charge on any atom is -0.493 e. The molecule has 1 N–H and O–H groups in total. The van der Waals surface area contributed by atoms with Gasteiger partial charge in [0.1, 0.15) is 5.75 Å². The molecule has 0 aliphatic heterocycles. The van der Waals surface area contributed by atoms with Crippen molar-refractivity contribution in [3.8, 4) is 5.75 Å². The molecular weight excluding hydrogens is 204 g/mol. The van der Waals surface area contributed by atoms with Crippen LogP contribution in [0.1, 0.15) is 25.8 Å². The summed E-state index contributed by atoms with van der Waals surface area (Å²) in [5.74, 6) is 0.759. The third-order valence-electron chi connectivity index (χ3n) is 2.53. The second-order valence-electron chi connectivity index (χ2n) is 4.27. The summed E-state index contributed by atoms with van der Waals surface area (Å²) in [6.45, 7) is 4.62. The third-order valence-corrected chi connectivity index (χ3v) is 2.53. The van der Waals surface area contributed by atoms with Gasteiger partial charge >= 0.3 is 0 Å². The summed E-state index contributed by atoms with van der Waals surface area (Å²) in [6, 6.07) is 8.30. The van der Waals surface area contributed by atoms with Gasteiger partial charge in [-0.15, -0.1) is 0 Å². The Morgan fingerprint density at radius 1 is 1.44 bits per heavy atom. The molecule has 0 saturated carbocycles. The fraction of sp³-hybridized carbons (Fsp3) is 0.538. The van der Waals surface area contributed by atoms with Crippen LogP contribution in [-0.2, 0) is 11.3 Å². The molecule has 0 aliphatic rings. The number of aliphatic hydroxyl groups excluding tert-OH is 1. The predicted molar refractivity (Wildman–Crippen MR) is 62.4 cm³/mol. The first kappa shape index (κ1) is 13.0. The summed E-state index contributed by atoms with van der Waals surface area (Å²) in [7, 11) is 1.70. The van der Waals surface area contributed by atoms with Crippen LogP contribution in [0.3, 0.4) is 0 Å². The Kier molecular flexibility index (Phi) is 4.77. The van der Waals surface area contributed by atoms with Crippen LogP contribution in [0.4, 0.5) is 0 Å². The fourth-order valence-corrected chi connectivity index (χ4v) is 1.19. The van der Waals surface area contributed by atoms with Crippen molar-refractivity contribution in [2.45, 2.75) is 32.5 Å². The molecule has 0 unspecified atom stereocenters. The summed E-state index contributed by atoms with van der Waals surface area (Å²) in [6.07, 6.45) is 0.816. The molecule has 1 aromatic rings. The summed E-state index contributed by atoms with van der Waals surface area (Å²) >= 11 is 0. The molecule has 1 rings (SSSR count). The van der Waals surface area contributed by atoms with Crippen molar-refractivity contribution in [1.29, 1.82) is 0 Å². The Hall–Kier alpha value is -1.06. The standard InChI is InChI=1S/C13H19O3/c1-13(2,15-3)7-8-16-12-6-4-5-11(9-12)10-14/h4,6,9,14H,7-8,10H2,1-3H3. The molecule has 0 saturated heterocycles. The van der Waals surface area contributed by atoms with Crippen LogP contribution < -0.4 is 4.74 Å². The van der Waals surface area contributed by atoms with E-state index in [2.05, 4.69) is 6.07 Å². The highest BCUT2D eigenvalue weighted by Gasteiger charge is 2.15. The zero-order chi connectivity index (χ0) is 12.0. The molecule has 0 bridgehead atoms. The average Bonchev–Trinajstić information content (AvgIpc) is 2.29. The lowest BCUT2D eigenvalue weighted by atomic mass is 10.1. The highest BCUT2D eigenvalue weighted by atomic mass is 16.5. The Balaban J connectivity index is 2.42. The van der Waals surface area contributed by atoms with Crippen molar-refractivity contribution in [3.05, 3.63) is 29.8 Å². The summed E-state index contributed by atoms with van der Waals surface area (Å²) in [4.78, 5) is 0. The van der Waals surface area contributed by atoms with Gasteiger partial charge in [-0.1, -0.05) is 6.07 Å². The summed E-state index contributed by atoms with van der Waals surface area (Å²) < 4.78 is 10.9. The van der Waals surface area contributed by atoms with Crippen molar-refractivity contribution in [1.82, 2.24) is 0 Å². The molecule has 0 atom stereocenters. The van der Waals surface area contributed by atoms with Gasteiger partial charge in [0, 0.05) is 13.5 Å². The zero-order valence-corrected chi connectivity index (χ0v) is 10.1. The Morgan fingerprint density at radius 2 is 2.19 bits per heavy atom. The molecule has 3 nitrogen and oxygen atoms in total. The predicted octanol–water partition coefficient (Wildman–Crippen LogP) is 2.17. The fourth-order valence-electron chi connectivity index (χ4n) is 1.19. The molecule has 89 valence electrons. The van der Waals surface area contributed by atoms with E-state index in [9.17, 15) is 0 Å². The molecule has 0 amide bonds. The lowest BCUT2D eigenvalue weighted by Gasteiger charge is -2.22. The molecule has 1 radical (unpaired) electrons. The quantitative estimate of drug-likeness (QED) is 0.803. The van der Waals surface area contributed by atoms with Crippen molar-refractivity contribution in [3.63, 3.8) is 0 Å². The van der Waals surface area contributed by atoms with Crippen LogP contribution in [0.15, 0.2) is 18.2 Å². The molecule has 0 heterocycles. The minimum absolute atomic E-state index is 0.0131. The SMILES string of the molecule is COC(C)(C)CCOc1cc[c]c(CO)c1. The van der Waals surface area contributed by atoms with E-state index < -0.39 is 0 Å². The van der Waals surface area contributed by atoms with E-state index in [-0.39, 0.29) is 12.2 Å². The zero-order valence-electron chi connectivity index (χ0n) is 10.1. The number of aliphatic hydroxyl groups is 1. The van der Waals surface area contributed by atoms with E-state index >= 15 is 0 Å². The highest BCUT2D eigenvalue weighted by molar-refractivity contribution is 5.27. The van der Waals surface area contributed by atoms with E-state index in [1.807, 2.05) is 19.9 Å².